The molecule has 0 unspecified atom stereocenters. The molecule has 0 atom stereocenters. The maximum absolute atomic E-state index is 5.73. The number of anilines is 2. The predicted molar refractivity (Wildman–Crippen MR) is 103 cm³/mol. The van der Waals surface area contributed by atoms with Gasteiger partial charge >= 0.3 is 0 Å². The van der Waals surface area contributed by atoms with Gasteiger partial charge in [0, 0.05) is 18.1 Å². The van der Waals surface area contributed by atoms with Gasteiger partial charge in [-0.3, -0.25) is 0 Å². The molecule has 0 aliphatic carbocycles. The molecule has 0 saturated carbocycles. The van der Waals surface area contributed by atoms with Crippen LogP contribution >= 0.6 is 24.8 Å². The summed E-state index contributed by atoms with van der Waals surface area (Å²) in [4.78, 5) is 11.1. The van der Waals surface area contributed by atoms with Crippen molar-refractivity contribution in [2.75, 3.05) is 19.1 Å². The smallest absolute Gasteiger partial charge is 0.144 e. The summed E-state index contributed by atoms with van der Waals surface area (Å²) in [6.07, 6.45) is 0. The van der Waals surface area contributed by atoms with E-state index in [-0.39, 0.29) is 24.8 Å². The second-order valence-corrected chi connectivity index (χ2v) is 4.94. The number of hydrogen-bond donors (Lipinski definition) is 1. The summed E-state index contributed by atoms with van der Waals surface area (Å²) in [6, 6.07) is 15.8. The number of halogens is 2. The van der Waals surface area contributed by atoms with E-state index in [0.29, 0.717) is 12.4 Å². The van der Waals surface area contributed by atoms with Crippen molar-refractivity contribution in [1.29, 1.82) is 0 Å². The number of ether oxygens (including phenoxy) is 1. The first-order chi connectivity index (χ1) is 10.7. The summed E-state index contributed by atoms with van der Waals surface area (Å²) >= 11 is 0. The van der Waals surface area contributed by atoms with Gasteiger partial charge in [-0.1, -0.05) is 12.1 Å². The van der Waals surface area contributed by atoms with E-state index in [9.17, 15) is 0 Å². The normalized spacial score (nSPS) is 9.79. The first kappa shape index (κ1) is 20.0. The topological polar surface area (TPSA) is 64.3 Å². The second kappa shape index (κ2) is 8.68. The van der Waals surface area contributed by atoms with Crippen molar-refractivity contribution in [2.45, 2.75) is 6.54 Å². The zero-order valence-electron chi connectivity index (χ0n) is 13.5. The Labute approximate surface area is 153 Å². The molecule has 2 aromatic carbocycles. The van der Waals surface area contributed by atoms with E-state index in [1.54, 1.807) is 7.11 Å². The average Bonchev–Trinajstić information content (AvgIpc) is 2.60. The molecule has 2 N–H and O–H groups in total. The Kier molecular flexibility index (Phi) is 7.22. The lowest BCUT2D eigenvalue weighted by atomic mass is 10.2. The number of para-hydroxylation sites is 1. The lowest BCUT2D eigenvalue weighted by molar-refractivity contribution is 0.415. The molecule has 3 rings (SSSR count). The van der Waals surface area contributed by atoms with Crippen LogP contribution in [0.3, 0.4) is 0 Å². The van der Waals surface area contributed by atoms with Gasteiger partial charge in [-0.05, 0) is 36.4 Å². The fraction of sp³-hybridized carbons (Fsp3) is 0.176. The Hall–Kier alpha value is -2.08. The molecule has 0 spiro atoms. The van der Waals surface area contributed by atoms with E-state index >= 15 is 0 Å². The van der Waals surface area contributed by atoms with E-state index < -0.39 is 0 Å². The van der Waals surface area contributed by atoms with Crippen LogP contribution in [0.5, 0.6) is 5.75 Å². The van der Waals surface area contributed by atoms with Gasteiger partial charge in [0.05, 0.1) is 19.2 Å². The molecule has 24 heavy (non-hydrogen) atoms. The molecule has 0 radical (unpaired) electrons. The van der Waals surface area contributed by atoms with E-state index in [2.05, 4.69) is 9.97 Å². The Bertz CT molecular complexity index is 796. The van der Waals surface area contributed by atoms with Crippen molar-refractivity contribution in [3.05, 3.63) is 54.4 Å². The van der Waals surface area contributed by atoms with Gasteiger partial charge in [0.1, 0.15) is 17.4 Å². The lowest BCUT2D eigenvalue weighted by Gasteiger charge is -2.21. The van der Waals surface area contributed by atoms with E-state index in [1.807, 2.05) is 60.5 Å². The van der Waals surface area contributed by atoms with Crippen molar-refractivity contribution in [2.24, 2.45) is 5.73 Å². The number of nitrogens with two attached hydrogens (primary N) is 1. The standard InChI is InChI=1S/C17H18N4O.2ClH/c1-21(12-7-9-13(22-2)10-8-12)17-14-5-3-4-6-15(14)19-16(11-18)20-17;;/h3-10H,11,18H2,1-2H3;2*1H. The molecule has 1 aromatic heterocycles. The van der Waals surface area contributed by atoms with Gasteiger partial charge in [-0.15, -0.1) is 24.8 Å². The molecule has 128 valence electrons. The van der Waals surface area contributed by atoms with Crippen LogP contribution in [0.4, 0.5) is 11.5 Å². The first-order valence-corrected chi connectivity index (χ1v) is 7.06. The number of fused-ring (bicyclic) bond motifs is 1. The third-order valence-electron chi connectivity index (χ3n) is 3.59. The lowest BCUT2D eigenvalue weighted by Crippen LogP contribution is -2.14. The highest BCUT2D eigenvalue weighted by molar-refractivity contribution is 5.91. The fourth-order valence-corrected chi connectivity index (χ4v) is 2.38. The molecular formula is C17H20Cl2N4O. The van der Waals surface area contributed by atoms with Gasteiger partial charge in [-0.25, -0.2) is 9.97 Å². The maximum Gasteiger partial charge on any atom is 0.144 e. The maximum atomic E-state index is 5.73. The second-order valence-electron chi connectivity index (χ2n) is 4.94. The van der Waals surface area contributed by atoms with Crippen LogP contribution < -0.4 is 15.4 Å². The third-order valence-corrected chi connectivity index (χ3v) is 3.59. The quantitative estimate of drug-likeness (QED) is 0.762. The van der Waals surface area contributed by atoms with Crippen molar-refractivity contribution < 1.29 is 4.74 Å². The Morgan fingerprint density at radius 1 is 1.00 bits per heavy atom. The summed E-state index contributed by atoms with van der Waals surface area (Å²) in [5, 5.41) is 0.998. The zero-order valence-corrected chi connectivity index (χ0v) is 15.1. The van der Waals surface area contributed by atoms with Crippen LogP contribution in [0.1, 0.15) is 5.82 Å². The number of rotatable bonds is 4. The predicted octanol–water partition coefficient (Wildman–Crippen LogP) is 3.71. The van der Waals surface area contributed by atoms with Crippen LogP contribution in [0.25, 0.3) is 10.9 Å². The molecule has 0 saturated heterocycles. The van der Waals surface area contributed by atoms with Crippen LogP contribution in [0.15, 0.2) is 48.5 Å². The number of hydrogen-bond acceptors (Lipinski definition) is 5. The molecule has 3 aromatic rings. The van der Waals surface area contributed by atoms with Gasteiger partial charge < -0.3 is 15.4 Å². The third kappa shape index (κ3) is 3.87. The molecule has 0 bridgehead atoms. The molecule has 0 fully saturated rings. The zero-order chi connectivity index (χ0) is 15.5. The summed E-state index contributed by atoms with van der Waals surface area (Å²) in [5.74, 6) is 2.30. The minimum absolute atomic E-state index is 0. The SMILES string of the molecule is COc1ccc(N(C)c2nc(CN)nc3ccccc23)cc1.Cl.Cl. The highest BCUT2D eigenvalue weighted by Gasteiger charge is 2.12. The highest BCUT2D eigenvalue weighted by atomic mass is 35.5. The van der Waals surface area contributed by atoms with E-state index in [4.69, 9.17) is 10.5 Å². The summed E-state index contributed by atoms with van der Waals surface area (Å²) in [5.41, 5.74) is 7.64. The number of aromatic nitrogens is 2. The first-order valence-electron chi connectivity index (χ1n) is 7.06. The van der Waals surface area contributed by atoms with Gasteiger partial charge in [0.15, 0.2) is 0 Å². The summed E-state index contributed by atoms with van der Waals surface area (Å²) < 4.78 is 5.20. The van der Waals surface area contributed by atoms with Gasteiger partial charge in [0.25, 0.3) is 0 Å². The van der Waals surface area contributed by atoms with Gasteiger partial charge in [-0.2, -0.15) is 0 Å². The molecular weight excluding hydrogens is 347 g/mol. The van der Waals surface area contributed by atoms with Crippen LogP contribution in [-0.2, 0) is 6.54 Å². The van der Waals surface area contributed by atoms with Crippen molar-refractivity contribution in [1.82, 2.24) is 9.97 Å². The summed E-state index contributed by atoms with van der Waals surface area (Å²) in [7, 11) is 3.64. The largest absolute Gasteiger partial charge is 0.497 e. The average molecular weight is 367 g/mol. The highest BCUT2D eigenvalue weighted by Crippen LogP contribution is 2.29. The van der Waals surface area contributed by atoms with Crippen LogP contribution in [-0.4, -0.2) is 24.1 Å². The van der Waals surface area contributed by atoms with Crippen molar-refractivity contribution in [3.63, 3.8) is 0 Å². The van der Waals surface area contributed by atoms with E-state index in [0.717, 1.165) is 28.2 Å². The number of benzene rings is 2. The minimum atomic E-state index is 0. The molecule has 0 amide bonds. The van der Waals surface area contributed by atoms with Gasteiger partial charge in [0.2, 0.25) is 0 Å². The van der Waals surface area contributed by atoms with E-state index in [1.165, 1.54) is 0 Å². The number of methoxy groups -OCH3 is 1. The van der Waals surface area contributed by atoms with Crippen molar-refractivity contribution >= 4 is 47.2 Å². The van der Waals surface area contributed by atoms with Crippen LogP contribution in [0.2, 0.25) is 0 Å². The van der Waals surface area contributed by atoms with Crippen molar-refractivity contribution in [3.8, 4) is 5.75 Å². The number of nitrogens with zero attached hydrogens (tertiary/aromatic N) is 3. The van der Waals surface area contributed by atoms with Crippen LogP contribution in [0, 0.1) is 0 Å². The molecule has 7 heteroatoms. The molecule has 1 heterocycles. The Morgan fingerprint density at radius 2 is 1.67 bits per heavy atom. The Morgan fingerprint density at radius 3 is 2.29 bits per heavy atom. The fourth-order valence-electron chi connectivity index (χ4n) is 2.38. The molecule has 0 aliphatic rings. The minimum Gasteiger partial charge on any atom is -0.497 e. The molecule has 0 aliphatic heterocycles. The monoisotopic (exact) mass is 366 g/mol. The summed E-state index contributed by atoms with van der Waals surface area (Å²) in [6.45, 7) is 0.314. The molecule has 5 nitrogen and oxygen atoms in total. The Balaban J connectivity index is 0.00000144.